The molecule has 0 aromatic heterocycles. The van der Waals surface area contributed by atoms with Crippen LogP contribution in [-0.4, -0.2) is 68.7 Å². The van der Waals surface area contributed by atoms with Gasteiger partial charge in [0.05, 0.1) is 26.3 Å². The number of amides is 2. The van der Waals surface area contributed by atoms with E-state index in [0.29, 0.717) is 25.2 Å². The zero-order chi connectivity index (χ0) is 21.5. The summed E-state index contributed by atoms with van der Waals surface area (Å²) < 4.78 is 10.0. The van der Waals surface area contributed by atoms with Gasteiger partial charge in [-0.1, -0.05) is 19.1 Å². The molecule has 1 fully saturated rings. The molecule has 0 aliphatic carbocycles. The Morgan fingerprint density at radius 2 is 1.57 bits per heavy atom. The SMILES string of the molecule is CCN1CCN(C(=O)N(Cc2ccc(C(=O)OC)cc2)c2ccc(OC)cc2)CC1. The van der Waals surface area contributed by atoms with Crippen LogP contribution in [0.25, 0.3) is 0 Å². The van der Waals surface area contributed by atoms with E-state index < -0.39 is 0 Å². The van der Waals surface area contributed by atoms with Gasteiger partial charge >= 0.3 is 12.0 Å². The fourth-order valence-corrected chi connectivity index (χ4v) is 3.50. The number of hydrogen-bond acceptors (Lipinski definition) is 5. The highest BCUT2D eigenvalue weighted by atomic mass is 16.5. The van der Waals surface area contributed by atoms with E-state index in [9.17, 15) is 9.59 Å². The molecule has 0 unspecified atom stereocenters. The lowest BCUT2D eigenvalue weighted by atomic mass is 10.1. The van der Waals surface area contributed by atoms with Crippen molar-refractivity contribution in [1.29, 1.82) is 0 Å². The Balaban J connectivity index is 1.81. The summed E-state index contributed by atoms with van der Waals surface area (Å²) >= 11 is 0. The average Bonchev–Trinajstić information content (AvgIpc) is 2.82. The predicted octanol–water partition coefficient (Wildman–Crippen LogP) is 3.25. The van der Waals surface area contributed by atoms with Crippen molar-refractivity contribution >= 4 is 17.7 Å². The van der Waals surface area contributed by atoms with Crippen molar-refractivity contribution in [3.63, 3.8) is 0 Å². The van der Waals surface area contributed by atoms with Gasteiger partial charge in [-0.25, -0.2) is 9.59 Å². The summed E-state index contributed by atoms with van der Waals surface area (Å²) in [6.45, 7) is 6.72. The molecule has 1 heterocycles. The molecule has 0 saturated carbocycles. The Hall–Kier alpha value is -3.06. The van der Waals surface area contributed by atoms with E-state index in [4.69, 9.17) is 9.47 Å². The fraction of sp³-hybridized carbons (Fsp3) is 0.391. The Labute approximate surface area is 177 Å². The monoisotopic (exact) mass is 411 g/mol. The third-order valence-electron chi connectivity index (χ3n) is 5.42. The first-order valence-electron chi connectivity index (χ1n) is 10.2. The molecule has 0 spiro atoms. The molecule has 1 aliphatic heterocycles. The highest BCUT2D eigenvalue weighted by Crippen LogP contribution is 2.23. The summed E-state index contributed by atoms with van der Waals surface area (Å²) in [5, 5.41) is 0. The lowest BCUT2D eigenvalue weighted by Gasteiger charge is -2.37. The molecule has 7 nitrogen and oxygen atoms in total. The van der Waals surface area contributed by atoms with Crippen molar-refractivity contribution < 1.29 is 19.1 Å². The first-order valence-corrected chi connectivity index (χ1v) is 10.2. The fourth-order valence-electron chi connectivity index (χ4n) is 3.50. The molecule has 7 heteroatoms. The molecule has 0 N–H and O–H groups in total. The number of esters is 1. The van der Waals surface area contributed by atoms with Crippen LogP contribution in [-0.2, 0) is 11.3 Å². The van der Waals surface area contributed by atoms with E-state index in [2.05, 4.69) is 11.8 Å². The molecular formula is C23H29N3O4. The standard InChI is InChI=1S/C23H29N3O4/c1-4-24-13-15-25(16-14-24)23(28)26(20-9-11-21(29-2)12-10-20)17-18-5-7-19(8-6-18)22(27)30-3/h5-12H,4,13-17H2,1-3H3. The summed E-state index contributed by atoms with van der Waals surface area (Å²) in [5.41, 5.74) is 2.22. The molecule has 2 aromatic carbocycles. The smallest absolute Gasteiger partial charge is 0.337 e. The number of hydrogen-bond donors (Lipinski definition) is 0. The second-order valence-electron chi connectivity index (χ2n) is 7.18. The Kier molecular flexibility index (Phi) is 7.30. The summed E-state index contributed by atoms with van der Waals surface area (Å²) in [7, 11) is 2.98. The summed E-state index contributed by atoms with van der Waals surface area (Å²) in [4.78, 5) is 31.1. The number of anilines is 1. The lowest BCUT2D eigenvalue weighted by molar-refractivity contribution is 0.0600. The molecule has 0 atom stereocenters. The zero-order valence-corrected chi connectivity index (χ0v) is 17.8. The number of carbonyl (C=O) groups is 2. The van der Waals surface area contributed by atoms with Crippen LogP contribution < -0.4 is 9.64 Å². The molecule has 160 valence electrons. The minimum Gasteiger partial charge on any atom is -0.497 e. The van der Waals surface area contributed by atoms with Crippen molar-refractivity contribution in [3.05, 3.63) is 59.7 Å². The number of benzene rings is 2. The van der Waals surface area contributed by atoms with Gasteiger partial charge in [0.2, 0.25) is 0 Å². The number of ether oxygens (including phenoxy) is 2. The topological polar surface area (TPSA) is 62.3 Å². The normalized spacial score (nSPS) is 14.3. The molecule has 2 aromatic rings. The lowest BCUT2D eigenvalue weighted by Crippen LogP contribution is -2.52. The average molecular weight is 412 g/mol. The van der Waals surface area contributed by atoms with E-state index in [-0.39, 0.29) is 12.0 Å². The number of likely N-dealkylation sites (N-methyl/N-ethyl adjacent to an activating group) is 1. The van der Waals surface area contributed by atoms with Crippen molar-refractivity contribution in [2.75, 3.05) is 51.8 Å². The highest BCUT2D eigenvalue weighted by molar-refractivity contribution is 5.92. The van der Waals surface area contributed by atoms with Gasteiger partial charge in [-0.15, -0.1) is 0 Å². The van der Waals surface area contributed by atoms with E-state index in [0.717, 1.165) is 36.6 Å². The van der Waals surface area contributed by atoms with Crippen molar-refractivity contribution in [3.8, 4) is 5.75 Å². The molecule has 1 saturated heterocycles. The van der Waals surface area contributed by atoms with Crippen LogP contribution in [0.3, 0.4) is 0 Å². The van der Waals surface area contributed by atoms with Crippen LogP contribution in [0.5, 0.6) is 5.75 Å². The maximum Gasteiger partial charge on any atom is 0.337 e. The summed E-state index contributed by atoms with van der Waals surface area (Å²) in [5.74, 6) is 0.364. The minimum atomic E-state index is -0.376. The number of urea groups is 1. The summed E-state index contributed by atoms with van der Waals surface area (Å²) in [6, 6.07) is 14.6. The van der Waals surface area contributed by atoms with Gasteiger partial charge in [-0.05, 0) is 48.5 Å². The first-order chi connectivity index (χ1) is 14.5. The Bertz CT molecular complexity index is 844. The number of rotatable bonds is 6. The second-order valence-corrected chi connectivity index (χ2v) is 7.18. The van der Waals surface area contributed by atoms with E-state index in [1.165, 1.54) is 7.11 Å². The molecule has 0 bridgehead atoms. The third kappa shape index (κ3) is 5.10. The van der Waals surface area contributed by atoms with Gasteiger partial charge in [0.15, 0.2) is 0 Å². The van der Waals surface area contributed by atoms with Gasteiger partial charge in [0, 0.05) is 31.9 Å². The number of methoxy groups -OCH3 is 2. The van der Waals surface area contributed by atoms with Crippen LogP contribution in [0.1, 0.15) is 22.8 Å². The number of piperazine rings is 1. The van der Waals surface area contributed by atoms with Gasteiger partial charge in [-0.2, -0.15) is 0 Å². The summed E-state index contributed by atoms with van der Waals surface area (Å²) in [6.07, 6.45) is 0. The molecule has 1 aliphatic rings. The maximum absolute atomic E-state index is 13.4. The van der Waals surface area contributed by atoms with Crippen LogP contribution in [0.4, 0.5) is 10.5 Å². The molecule has 2 amide bonds. The van der Waals surface area contributed by atoms with Crippen molar-refractivity contribution in [2.45, 2.75) is 13.5 Å². The van der Waals surface area contributed by atoms with E-state index in [1.807, 2.05) is 41.3 Å². The maximum atomic E-state index is 13.4. The molecule has 30 heavy (non-hydrogen) atoms. The van der Waals surface area contributed by atoms with E-state index in [1.54, 1.807) is 24.1 Å². The van der Waals surface area contributed by atoms with Crippen LogP contribution >= 0.6 is 0 Å². The minimum absolute atomic E-state index is 0.0204. The van der Waals surface area contributed by atoms with Gasteiger partial charge < -0.3 is 19.3 Å². The number of carbonyl (C=O) groups excluding carboxylic acids is 2. The van der Waals surface area contributed by atoms with Crippen molar-refractivity contribution in [2.24, 2.45) is 0 Å². The molecule has 0 radical (unpaired) electrons. The first kappa shape index (κ1) is 21.6. The number of nitrogens with zero attached hydrogens (tertiary/aromatic N) is 3. The molecule has 3 rings (SSSR count). The Morgan fingerprint density at radius 1 is 0.933 bits per heavy atom. The van der Waals surface area contributed by atoms with Gasteiger partial charge in [0.1, 0.15) is 5.75 Å². The Morgan fingerprint density at radius 3 is 2.10 bits per heavy atom. The zero-order valence-electron chi connectivity index (χ0n) is 17.8. The quantitative estimate of drug-likeness (QED) is 0.683. The molecular weight excluding hydrogens is 382 g/mol. The van der Waals surface area contributed by atoms with Crippen LogP contribution in [0.2, 0.25) is 0 Å². The highest BCUT2D eigenvalue weighted by Gasteiger charge is 2.26. The second kappa shape index (κ2) is 10.1. The van der Waals surface area contributed by atoms with Gasteiger partial charge in [0.25, 0.3) is 0 Å². The van der Waals surface area contributed by atoms with Crippen LogP contribution in [0, 0.1) is 0 Å². The van der Waals surface area contributed by atoms with Gasteiger partial charge in [-0.3, -0.25) is 4.90 Å². The largest absolute Gasteiger partial charge is 0.497 e. The van der Waals surface area contributed by atoms with Crippen molar-refractivity contribution in [1.82, 2.24) is 9.80 Å². The predicted molar refractivity (Wildman–Crippen MR) is 116 cm³/mol. The van der Waals surface area contributed by atoms with Crippen LogP contribution in [0.15, 0.2) is 48.5 Å². The third-order valence-corrected chi connectivity index (χ3v) is 5.42. The van der Waals surface area contributed by atoms with E-state index >= 15 is 0 Å².